The van der Waals surface area contributed by atoms with Gasteiger partial charge in [0.25, 0.3) is 0 Å². The first kappa shape index (κ1) is 11.5. The second kappa shape index (κ2) is 5.20. The number of carbonyl (C=O) groups excluding carboxylic acids is 2. The molecule has 0 aliphatic rings. The summed E-state index contributed by atoms with van der Waals surface area (Å²) in [6.45, 7) is 0. The molecule has 0 radical (unpaired) electrons. The maximum absolute atomic E-state index is 11.8. The minimum absolute atomic E-state index is 0.611. The fraction of sp³-hybridized carbons (Fsp3) is 0.500. The van der Waals surface area contributed by atoms with Crippen LogP contribution in [0.4, 0.5) is 18.4 Å². The molecule has 0 aliphatic carbocycles. The number of halogens is 2. The van der Waals surface area contributed by atoms with Crippen LogP contribution in [-0.4, -0.2) is 35.0 Å². The maximum atomic E-state index is 11.8. The van der Waals surface area contributed by atoms with E-state index in [0.29, 0.717) is 30.6 Å². The van der Waals surface area contributed by atoms with Crippen LogP contribution in [-0.2, 0) is 0 Å². The zero-order valence-electron chi connectivity index (χ0n) is 6.28. The van der Waals surface area contributed by atoms with Crippen molar-refractivity contribution in [2.75, 3.05) is 14.1 Å². The molecule has 0 spiro atoms. The first-order valence-electron chi connectivity index (χ1n) is 2.66. The summed E-state index contributed by atoms with van der Waals surface area (Å²) in [7, 11) is 3.55. The number of rotatable bonds is 3. The van der Waals surface area contributed by atoms with Gasteiger partial charge in [-0.1, -0.05) is 0 Å². The van der Waals surface area contributed by atoms with E-state index < -0.39 is 12.3 Å². The van der Waals surface area contributed by atoms with Crippen molar-refractivity contribution in [3.63, 3.8) is 0 Å². The second-order valence-corrected chi connectivity index (χ2v) is 3.94. The van der Waals surface area contributed by atoms with Gasteiger partial charge in [-0.3, -0.25) is 8.61 Å². The lowest BCUT2D eigenvalue weighted by Crippen LogP contribution is -2.15. The molecule has 8 heteroatoms. The average Bonchev–Trinajstić information content (AvgIpc) is 1.98. The molecule has 0 saturated heterocycles. The van der Waals surface area contributed by atoms with Gasteiger partial charge in [-0.2, -0.15) is 0 Å². The van der Waals surface area contributed by atoms with Gasteiger partial charge in [0.15, 0.2) is 0 Å². The van der Waals surface area contributed by atoms with E-state index in [0.717, 1.165) is 14.1 Å². The lowest BCUT2D eigenvalue weighted by Gasteiger charge is -2.13. The summed E-state index contributed by atoms with van der Waals surface area (Å²) >= 11 is 0. The minimum Gasteiger partial charge on any atom is -0.250 e. The fourth-order valence-corrected chi connectivity index (χ4v) is 1.43. The zero-order chi connectivity index (χ0) is 9.72. The number of amides is 2. The van der Waals surface area contributed by atoms with Crippen LogP contribution in [0, 0.1) is 0 Å². The third-order valence-corrected chi connectivity index (χ3v) is 3.09. The normalized spacial score (nSPS) is 9.33. The summed E-state index contributed by atoms with van der Waals surface area (Å²) in [5, 5.41) is 0. The Hall–Kier alpha value is -0.500. The van der Waals surface area contributed by atoms with Crippen molar-refractivity contribution in [1.29, 1.82) is 0 Å². The Bertz CT molecular complexity index is 172. The van der Waals surface area contributed by atoms with Crippen molar-refractivity contribution in [3.05, 3.63) is 0 Å². The predicted molar refractivity (Wildman–Crippen MR) is 43.7 cm³/mol. The van der Waals surface area contributed by atoms with Gasteiger partial charge in [-0.15, -0.1) is 8.78 Å². The highest BCUT2D eigenvalue weighted by Gasteiger charge is 2.12. The molecular weight excluding hydrogens is 210 g/mol. The lowest BCUT2D eigenvalue weighted by atomic mass is 11.2. The molecule has 0 aromatic heterocycles. The Morgan fingerprint density at radius 3 is 1.42 bits per heavy atom. The van der Waals surface area contributed by atoms with Gasteiger partial charge >= 0.3 is 12.3 Å². The standard InChI is InChI=1S/C4H6F2N2O2S2/c1-7(3(5)9)11-12-8(2)4(6)10/h1-2H3. The molecular formula is C4H6F2N2O2S2. The first-order valence-corrected chi connectivity index (χ1v) is 4.72. The van der Waals surface area contributed by atoms with Gasteiger partial charge < -0.3 is 0 Å². The minimum atomic E-state index is -1.66. The molecule has 70 valence electrons. The van der Waals surface area contributed by atoms with Crippen LogP contribution in [0.1, 0.15) is 0 Å². The third-order valence-electron chi connectivity index (χ3n) is 0.752. The van der Waals surface area contributed by atoms with E-state index in [2.05, 4.69) is 0 Å². The van der Waals surface area contributed by atoms with Crippen molar-refractivity contribution < 1.29 is 18.4 Å². The molecule has 0 atom stereocenters. The number of carbonyl (C=O) groups is 2. The highest BCUT2D eigenvalue weighted by molar-refractivity contribution is 8.75. The smallest absolute Gasteiger partial charge is 0.250 e. The summed E-state index contributed by atoms with van der Waals surface area (Å²) < 4.78 is 24.9. The average molecular weight is 216 g/mol. The molecule has 0 aliphatic heterocycles. The molecule has 0 saturated carbocycles. The summed E-state index contributed by atoms with van der Waals surface area (Å²) in [6, 6.07) is 0. The van der Waals surface area contributed by atoms with Crippen molar-refractivity contribution in [1.82, 2.24) is 8.61 Å². The van der Waals surface area contributed by atoms with E-state index in [4.69, 9.17) is 0 Å². The Balaban J connectivity index is 3.68. The Labute approximate surface area is 75.9 Å². The van der Waals surface area contributed by atoms with E-state index in [-0.39, 0.29) is 0 Å². The largest absolute Gasteiger partial charge is 0.410 e. The van der Waals surface area contributed by atoms with Crippen molar-refractivity contribution >= 4 is 34.3 Å². The topological polar surface area (TPSA) is 40.6 Å². The van der Waals surface area contributed by atoms with E-state index in [1.54, 1.807) is 0 Å². The van der Waals surface area contributed by atoms with Gasteiger partial charge in [0.1, 0.15) is 0 Å². The first-order chi connectivity index (χ1) is 5.45. The van der Waals surface area contributed by atoms with Gasteiger partial charge in [0.05, 0.1) is 0 Å². The molecule has 0 aromatic carbocycles. The lowest BCUT2D eigenvalue weighted by molar-refractivity contribution is 0.208. The molecule has 2 amide bonds. The molecule has 0 heterocycles. The zero-order valence-corrected chi connectivity index (χ0v) is 7.92. The monoisotopic (exact) mass is 216 g/mol. The van der Waals surface area contributed by atoms with Gasteiger partial charge in [0.2, 0.25) is 0 Å². The highest BCUT2D eigenvalue weighted by Crippen LogP contribution is 2.28. The summed E-state index contributed by atoms with van der Waals surface area (Å²) in [4.78, 5) is 19.9. The van der Waals surface area contributed by atoms with Crippen LogP contribution in [0.3, 0.4) is 0 Å². The van der Waals surface area contributed by atoms with Crippen LogP contribution in [0.2, 0.25) is 0 Å². The third kappa shape index (κ3) is 4.39. The molecule has 0 bridgehead atoms. The van der Waals surface area contributed by atoms with Crippen LogP contribution >= 0.6 is 22.0 Å². The SMILES string of the molecule is CN(SSN(C)C(=O)F)C(=O)F. The summed E-state index contributed by atoms with van der Waals surface area (Å²) in [5.74, 6) is 0. The molecule has 4 nitrogen and oxygen atoms in total. The van der Waals surface area contributed by atoms with E-state index in [9.17, 15) is 18.4 Å². The van der Waals surface area contributed by atoms with Gasteiger partial charge in [-0.25, -0.2) is 9.59 Å². The predicted octanol–water partition coefficient (Wildman–Crippen LogP) is 2.24. The van der Waals surface area contributed by atoms with E-state index >= 15 is 0 Å². The van der Waals surface area contributed by atoms with Crippen LogP contribution in [0.15, 0.2) is 0 Å². The van der Waals surface area contributed by atoms with Crippen LogP contribution < -0.4 is 0 Å². The molecule has 0 rings (SSSR count). The van der Waals surface area contributed by atoms with Crippen molar-refractivity contribution in [3.8, 4) is 0 Å². The Morgan fingerprint density at radius 1 is 1.00 bits per heavy atom. The Morgan fingerprint density at radius 2 is 1.25 bits per heavy atom. The molecule has 0 unspecified atom stereocenters. The molecule has 0 aromatic rings. The highest BCUT2D eigenvalue weighted by atomic mass is 33.1. The van der Waals surface area contributed by atoms with Gasteiger partial charge in [0, 0.05) is 36.1 Å². The molecule has 0 fully saturated rings. The summed E-state index contributed by atoms with van der Waals surface area (Å²) in [6.07, 6.45) is -3.32. The quantitative estimate of drug-likeness (QED) is 0.314. The second-order valence-electron chi connectivity index (χ2n) is 1.65. The fourth-order valence-electron chi connectivity index (χ4n) is 0.159. The van der Waals surface area contributed by atoms with Crippen molar-refractivity contribution in [2.45, 2.75) is 0 Å². The van der Waals surface area contributed by atoms with Gasteiger partial charge in [-0.05, 0) is 0 Å². The number of hydrogen-bond acceptors (Lipinski definition) is 4. The maximum Gasteiger partial charge on any atom is 0.410 e. The number of nitrogens with zero attached hydrogens (tertiary/aromatic N) is 2. The molecule has 0 N–H and O–H groups in total. The van der Waals surface area contributed by atoms with Crippen LogP contribution in [0.25, 0.3) is 0 Å². The molecule has 12 heavy (non-hydrogen) atoms. The van der Waals surface area contributed by atoms with Crippen LogP contribution in [0.5, 0.6) is 0 Å². The van der Waals surface area contributed by atoms with Crippen molar-refractivity contribution in [2.24, 2.45) is 0 Å². The summed E-state index contributed by atoms with van der Waals surface area (Å²) in [5.41, 5.74) is 0. The number of hydrogen-bond donors (Lipinski definition) is 0. The Kier molecular flexibility index (Phi) is 4.98. The van der Waals surface area contributed by atoms with E-state index in [1.165, 1.54) is 0 Å². The van der Waals surface area contributed by atoms with E-state index in [1.807, 2.05) is 0 Å².